The van der Waals surface area contributed by atoms with Crippen LogP contribution in [-0.4, -0.2) is 36.0 Å². The maximum absolute atomic E-state index is 10.3. The number of hydrogen-bond donors (Lipinski definition) is 0. The van der Waals surface area contributed by atoms with Gasteiger partial charge < -0.3 is 19.8 Å². The van der Waals surface area contributed by atoms with Crippen LogP contribution in [0.2, 0.25) is 0 Å². The van der Waals surface area contributed by atoms with Crippen molar-refractivity contribution in [3.8, 4) is 0 Å². The predicted molar refractivity (Wildman–Crippen MR) is 30.0 cm³/mol. The van der Waals surface area contributed by atoms with Gasteiger partial charge in [-0.25, -0.2) is 0 Å². The quantitative estimate of drug-likeness (QED) is 0.334. The molecule has 0 amide bonds. The minimum absolute atomic E-state index is 0. The molecule has 13 heavy (non-hydrogen) atoms. The fraction of sp³-hybridized carbons (Fsp3) is 0.667. The summed E-state index contributed by atoms with van der Waals surface area (Å²) < 4.78 is 0. The van der Waals surface area contributed by atoms with Gasteiger partial charge in [0.05, 0.1) is 12.0 Å². The van der Waals surface area contributed by atoms with E-state index in [9.17, 15) is 19.8 Å². The Balaban J connectivity index is 0. The van der Waals surface area contributed by atoms with Crippen LogP contribution in [0, 0.1) is 0 Å². The van der Waals surface area contributed by atoms with Gasteiger partial charge in [0.2, 0.25) is 0 Å². The van der Waals surface area contributed by atoms with E-state index >= 15 is 0 Å². The monoisotopic (exact) mass is 203 g/mol. The first-order chi connectivity index (χ1) is 5.11. The smallest absolute Gasteiger partial charge is 0.550 e. The van der Waals surface area contributed by atoms with E-state index in [-0.39, 0.29) is 59.1 Å². The molecule has 1 heterocycles. The summed E-state index contributed by atoms with van der Waals surface area (Å²) >= 11 is 0. The molecule has 1 saturated heterocycles. The first-order valence-corrected chi connectivity index (χ1v) is 3.26. The van der Waals surface area contributed by atoms with Gasteiger partial charge in [-0.05, 0) is 0 Å². The van der Waals surface area contributed by atoms with E-state index < -0.39 is 24.4 Å². The number of carbonyl (C=O) groups is 2. The Bertz CT molecular complexity index is 195. The second-order valence-electron chi connectivity index (χ2n) is 2.45. The molecule has 1 fully saturated rings. The van der Waals surface area contributed by atoms with E-state index in [1.165, 1.54) is 4.90 Å². The summed E-state index contributed by atoms with van der Waals surface area (Å²) in [5.41, 5.74) is 0. The van der Waals surface area contributed by atoms with Crippen LogP contribution in [0.1, 0.15) is 6.42 Å². The largest absolute Gasteiger partial charge is 1.00 e. The summed E-state index contributed by atoms with van der Waals surface area (Å²) in [4.78, 5) is 21.8. The van der Waals surface area contributed by atoms with E-state index in [4.69, 9.17) is 0 Å². The molecule has 1 atom stereocenters. The third-order valence-corrected chi connectivity index (χ3v) is 1.55. The van der Waals surface area contributed by atoms with Crippen LogP contribution in [0.25, 0.3) is 0 Å². The molecular formula is C6H7NNa2O4. The van der Waals surface area contributed by atoms with Crippen LogP contribution >= 0.6 is 0 Å². The standard InChI is InChI=1S/C6H9NO4.2Na/c8-5(9)3-4(6(10)11)7-1-2-7;;/h4H,1-3H2,(H,8,9)(H,10,11);;/q;2*+1/p-2. The van der Waals surface area contributed by atoms with Crippen molar-refractivity contribution in [2.75, 3.05) is 13.1 Å². The van der Waals surface area contributed by atoms with Crippen LogP contribution < -0.4 is 69.3 Å². The molecule has 0 N–H and O–H groups in total. The molecule has 1 unspecified atom stereocenters. The molecule has 7 heteroatoms. The Kier molecular flexibility index (Phi) is 9.08. The summed E-state index contributed by atoms with van der Waals surface area (Å²) in [6.07, 6.45) is -0.484. The molecule has 0 spiro atoms. The summed E-state index contributed by atoms with van der Waals surface area (Å²) in [5, 5.41) is 20.3. The first-order valence-electron chi connectivity index (χ1n) is 3.26. The van der Waals surface area contributed by atoms with E-state index in [1.54, 1.807) is 0 Å². The number of aliphatic carboxylic acids is 2. The van der Waals surface area contributed by atoms with Crippen molar-refractivity contribution in [1.82, 2.24) is 4.90 Å². The number of carboxylic acids is 2. The second-order valence-corrected chi connectivity index (χ2v) is 2.45. The molecule has 0 bridgehead atoms. The van der Waals surface area contributed by atoms with Gasteiger partial charge in [-0.2, -0.15) is 0 Å². The molecule has 0 aromatic heterocycles. The van der Waals surface area contributed by atoms with Crippen molar-refractivity contribution in [3.05, 3.63) is 0 Å². The van der Waals surface area contributed by atoms with Gasteiger partial charge in [0.25, 0.3) is 0 Å². The molecule has 5 nitrogen and oxygen atoms in total. The Morgan fingerprint density at radius 3 is 1.92 bits per heavy atom. The van der Waals surface area contributed by atoms with Gasteiger partial charge >= 0.3 is 59.1 Å². The van der Waals surface area contributed by atoms with Crippen LogP contribution in [0.3, 0.4) is 0 Å². The topological polar surface area (TPSA) is 83.3 Å². The zero-order valence-corrected chi connectivity index (χ0v) is 11.8. The summed E-state index contributed by atoms with van der Waals surface area (Å²) in [6.45, 7) is 1.26. The van der Waals surface area contributed by atoms with Crippen LogP contribution in [0.4, 0.5) is 0 Å². The number of nitrogens with zero attached hydrogens (tertiary/aromatic N) is 1. The van der Waals surface area contributed by atoms with Crippen molar-refractivity contribution in [2.24, 2.45) is 0 Å². The van der Waals surface area contributed by atoms with Crippen LogP contribution in [0.15, 0.2) is 0 Å². The normalized spacial score (nSPS) is 16.3. The minimum Gasteiger partial charge on any atom is -0.550 e. The number of carbonyl (C=O) groups excluding carboxylic acids is 2. The fourth-order valence-electron chi connectivity index (χ4n) is 0.889. The van der Waals surface area contributed by atoms with Crippen LogP contribution in [-0.2, 0) is 9.59 Å². The fourth-order valence-corrected chi connectivity index (χ4v) is 0.889. The van der Waals surface area contributed by atoms with Gasteiger partial charge in [0.15, 0.2) is 0 Å². The van der Waals surface area contributed by atoms with Crippen LogP contribution in [0.5, 0.6) is 0 Å². The van der Waals surface area contributed by atoms with E-state index in [0.29, 0.717) is 13.1 Å². The second kappa shape index (κ2) is 7.23. The molecule has 62 valence electrons. The Labute approximate surface area is 120 Å². The number of carboxylic acid groups (broad SMARTS) is 2. The number of hydrogen-bond acceptors (Lipinski definition) is 5. The van der Waals surface area contributed by atoms with Gasteiger partial charge in [-0.1, -0.05) is 0 Å². The maximum atomic E-state index is 10.3. The first kappa shape index (κ1) is 16.3. The molecule has 0 aromatic rings. The van der Waals surface area contributed by atoms with Gasteiger partial charge in [0.1, 0.15) is 0 Å². The van der Waals surface area contributed by atoms with Gasteiger partial charge in [-0.15, -0.1) is 0 Å². The van der Waals surface area contributed by atoms with Crippen molar-refractivity contribution in [3.63, 3.8) is 0 Å². The van der Waals surface area contributed by atoms with Crippen molar-refractivity contribution in [2.45, 2.75) is 12.5 Å². The molecule has 1 aliphatic heterocycles. The molecule has 1 aliphatic rings. The Morgan fingerprint density at radius 1 is 1.23 bits per heavy atom. The molecule has 0 aromatic carbocycles. The third-order valence-electron chi connectivity index (χ3n) is 1.55. The van der Waals surface area contributed by atoms with Crippen molar-refractivity contribution >= 4 is 11.9 Å². The maximum Gasteiger partial charge on any atom is 1.00 e. The summed E-state index contributed by atoms with van der Waals surface area (Å²) in [5.74, 6) is -2.70. The SMILES string of the molecule is O=C([O-])CC(C(=O)[O-])N1CC1.[Na+].[Na+]. The van der Waals surface area contributed by atoms with Crippen molar-refractivity contribution < 1.29 is 78.9 Å². The minimum atomic E-state index is -1.36. The van der Waals surface area contributed by atoms with Gasteiger partial charge in [0, 0.05) is 25.5 Å². The van der Waals surface area contributed by atoms with Gasteiger partial charge in [-0.3, -0.25) is 4.90 Å². The third kappa shape index (κ3) is 6.06. The zero-order valence-electron chi connectivity index (χ0n) is 7.78. The molecule has 0 aliphatic carbocycles. The molecule has 1 rings (SSSR count). The zero-order chi connectivity index (χ0) is 8.43. The predicted octanol–water partition coefficient (Wildman–Crippen LogP) is -9.43. The molecule has 0 radical (unpaired) electrons. The van der Waals surface area contributed by atoms with E-state index in [1.807, 2.05) is 0 Å². The van der Waals surface area contributed by atoms with Crippen molar-refractivity contribution in [1.29, 1.82) is 0 Å². The summed E-state index contributed by atoms with van der Waals surface area (Å²) in [6, 6.07) is -1.00. The molecular weight excluding hydrogens is 196 g/mol. The van der Waals surface area contributed by atoms with E-state index in [2.05, 4.69) is 0 Å². The average molecular weight is 203 g/mol. The average Bonchev–Trinajstić information content (AvgIpc) is 2.63. The van der Waals surface area contributed by atoms with E-state index in [0.717, 1.165) is 0 Å². The Hall–Kier alpha value is 0.900. The number of rotatable bonds is 4. The molecule has 0 saturated carbocycles. The summed E-state index contributed by atoms with van der Waals surface area (Å²) in [7, 11) is 0. The Morgan fingerprint density at radius 2 is 1.69 bits per heavy atom.